The molecule has 2 heterocycles. The van der Waals surface area contributed by atoms with Crippen molar-refractivity contribution in [2.45, 2.75) is 58.9 Å². The van der Waals surface area contributed by atoms with Gasteiger partial charge in [0.15, 0.2) is 11.4 Å². The summed E-state index contributed by atoms with van der Waals surface area (Å²) in [6.07, 6.45) is 6.12. The normalized spacial score (nSPS) is 22.4. The molecule has 0 saturated heterocycles. The van der Waals surface area contributed by atoms with Crippen molar-refractivity contribution < 1.29 is 5.94 Å². The maximum Gasteiger partial charge on any atom is 0.259 e. The van der Waals surface area contributed by atoms with E-state index in [2.05, 4.69) is 78.4 Å². The Morgan fingerprint density at radius 1 is 0.926 bits per heavy atom. The van der Waals surface area contributed by atoms with Gasteiger partial charge in [0.25, 0.3) is 5.82 Å². The van der Waals surface area contributed by atoms with Crippen LogP contribution in [0, 0.1) is 26.7 Å². The molecule has 0 spiro atoms. The highest BCUT2D eigenvalue weighted by atomic mass is 15.2. The molecule has 0 radical (unpaired) electrons. The van der Waals surface area contributed by atoms with E-state index in [1.54, 1.807) is 0 Å². The van der Waals surface area contributed by atoms with Crippen LogP contribution in [-0.4, -0.2) is 4.57 Å². The van der Waals surface area contributed by atoms with Gasteiger partial charge in [-0.25, -0.2) is 4.57 Å². The van der Waals surface area contributed by atoms with Crippen molar-refractivity contribution in [2.75, 3.05) is 0 Å². The van der Waals surface area contributed by atoms with E-state index in [0.717, 1.165) is 12.8 Å². The lowest BCUT2D eigenvalue weighted by Crippen LogP contribution is -2.44. The summed E-state index contributed by atoms with van der Waals surface area (Å²) in [7, 11) is 0. The summed E-state index contributed by atoms with van der Waals surface area (Å²) < 4.78 is 14.6. The third-order valence-electron chi connectivity index (χ3n) is 6.60. The monoisotopic (exact) mass is 358 g/mol. The van der Waals surface area contributed by atoms with Gasteiger partial charge in [0, 0.05) is 30.9 Å². The number of nitrogens with zero attached hydrogens (tertiary/aromatic N) is 2. The van der Waals surface area contributed by atoms with E-state index in [1.165, 1.54) is 58.9 Å². The van der Waals surface area contributed by atoms with Crippen molar-refractivity contribution in [3.05, 3.63) is 71.2 Å². The van der Waals surface area contributed by atoms with E-state index >= 15 is 0 Å². The fourth-order valence-corrected chi connectivity index (χ4v) is 5.36. The second-order valence-electron chi connectivity index (χ2n) is 8.20. The van der Waals surface area contributed by atoms with Crippen LogP contribution >= 0.6 is 0 Å². The predicted molar refractivity (Wildman–Crippen MR) is 110 cm³/mol. The average molecular weight is 359 g/mol. The summed E-state index contributed by atoms with van der Waals surface area (Å²) in [5.74, 6) is 1.54. The van der Waals surface area contributed by atoms with Crippen LogP contribution in [0.2, 0.25) is 0 Å². The number of benzene rings is 2. The van der Waals surface area contributed by atoms with E-state index in [4.69, 9.17) is 0 Å². The van der Waals surface area contributed by atoms with Gasteiger partial charge in [-0.2, -0.15) is 4.57 Å². The molecule has 1 saturated carbocycles. The van der Waals surface area contributed by atoms with Crippen molar-refractivity contribution in [3.8, 4) is 16.9 Å². The first-order valence-corrected chi connectivity index (χ1v) is 10.4. The Hall–Kier alpha value is -2.35. The summed E-state index contributed by atoms with van der Waals surface area (Å²) in [4.78, 5) is 0. The molecule has 2 aliphatic rings. The zero-order valence-electron chi connectivity index (χ0n) is 17.6. The molecule has 2 heteroatoms. The summed E-state index contributed by atoms with van der Waals surface area (Å²) >= 11 is 0. The minimum atomic E-state index is -0.699. The molecule has 138 valence electrons. The van der Waals surface area contributed by atoms with Gasteiger partial charge in [-0.15, -0.1) is 0 Å². The molecule has 0 amide bonds. The van der Waals surface area contributed by atoms with E-state index < -0.39 is 6.02 Å². The van der Waals surface area contributed by atoms with Gasteiger partial charge in [-0.05, 0) is 31.4 Å². The van der Waals surface area contributed by atoms with E-state index in [0.29, 0.717) is 5.92 Å². The van der Waals surface area contributed by atoms with Gasteiger partial charge in [-0.3, -0.25) is 0 Å². The third-order valence-corrected chi connectivity index (χ3v) is 6.60. The lowest BCUT2D eigenvalue weighted by atomic mass is 9.81. The molecule has 3 aromatic rings. The fourth-order valence-electron chi connectivity index (χ4n) is 5.36. The standard InChI is InChI=1S/C25H29N2/c1-17-11-7-10-16-23(17)26-18(2)24-21-14-8-9-15-22(21)25(27(24)19(26)3)20-12-5-4-6-13-20/h7-11,14-16,20,25H,4-6,12-13H2,1-3H3/q+1/i25D. The molecular weight excluding hydrogens is 328 g/mol. The zero-order chi connectivity index (χ0) is 19.5. The van der Waals surface area contributed by atoms with Gasteiger partial charge in [0.1, 0.15) is 11.7 Å². The van der Waals surface area contributed by atoms with E-state index in [-0.39, 0.29) is 0 Å². The van der Waals surface area contributed by atoms with Crippen LogP contribution in [0.5, 0.6) is 0 Å². The molecule has 0 N–H and O–H groups in total. The number of aryl methyl sites for hydroxylation is 1. The van der Waals surface area contributed by atoms with Crippen LogP contribution in [0.25, 0.3) is 16.9 Å². The number of aromatic nitrogens is 2. The first-order chi connectivity index (χ1) is 13.5. The van der Waals surface area contributed by atoms with E-state index in [1.807, 2.05) is 0 Å². The minimum Gasteiger partial charge on any atom is -0.220 e. The zero-order valence-corrected chi connectivity index (χ0v) is 16.6. The van der Waals surface area contributed by atoms with Crippen molar-refractivity contribution in [3.63, 3.8) is 0 Å². The lowest BCUT2D eigenvalue weighted by molar-refractivity contribution is -0.710. The van der Waals surface area contributed by atoms with Crippen LogP contribution in [-0.2, 0) is 0 Å². The first-order valence-electron chi connectivity index (χ1n) is 10.9. The highest BCUT2D eigenvalue weighted by Gasteiger charge is 2.44. The second-order valence-corrected chi connectivity index (χ2v) is 8.20. The Kier molecular flexibility index (Phi) is 3.70. The molecule has 1 aliphatic carbocycles. The quantitative estimate of drug-likeness (QED) is 0.509. The Morgan fingerprint density at radius 3 is 2.41 bits per heavy atom. The highest BCUT2D eigenvalue weighted by molar-refractivity contribution is 5.68. The molecule has 5 rings (SSSR count). The molecule has 0 bridgehead atoms. The first kappa shape index (κ1) is 15.7. The molecule has 1 aliphatic heterocycles. The van der Waals surface area contributed by atoms with Crippen LogP contribution < -0.4 is 4.57 Å². The summed E-state index contributed by atoms with van der Waals surface area (Å²) in [6.45, 7) is 6.59. The largest absolute Gasteiger partial charge is 0.259 e. The number of imidazole rings is 1. The molecular formula is C25H29N2+. The molecule has 27 heavy (non-hydrogen) atoms. The van der Waals surface area contributed by atoms with Crippen LogP contribution in [0.15, 0.2) is 48.5 Å². The van der Waals surface area contributed by atoms with Gasteiger partial charge >= 0.3 is 0 Å². The summed E-state index contributed by atoms with van der Waals surface area (Å²) in [6, 6.07) is 16.5. The van der Waals surface area contributed by atoms with Crippen LogP contribution in [0.4, 0.5) is 0 Å². The molecule has 2 nitrogen and oxygen atoms in total. The van der Waals surface area contributed by atoms with Crippen molar-refractivity contribution in [2.24, 2.45) is 5.92 Å². The maximum absolute atomic E-state index is 9.86. The number of hydrogen-bond acceptors (Lipinski definition) is 0. The summed E-state index contributed by atoms with van der Waals surface area (Å²) in [5, 5.41) is 0. The minimum absolute atomic E-state index is 0.375. The number of fused-ring (bicyclic) bond motifs is 3. The smallest absolute Gasteiger partial charge is 0.220 e. The molecule has 1 aromatic heterocycles. The Morgan fingerprint density at radius 2 is 1.63 bits per heavy atom. The maximum atomic E-state index is 9.86. The highest BCUT2D eigenvalue weighted by Crippen LogP contribution is 2.44. The molecule has 1 fully saturated rings. The van der Waals surface area contributed by atoms with Crippen LogP contribution in [0.1, 0.15) is 62.1 Å². The molecule has 2 aromatic carbocycles. The van der Waals surface area contributed by atoms with Crippen molar-refractivity contribution >= 4 is 0 Å². The second kappa shape index (κ2) is 6.37. The summed E-state index contributed by atoms with van der Waals surface area (Å²) in [5.41, 5.74) is 7.41. The Balaban J connectivity index is 1.81. The number of para-hydroxylation sites is 1. The predicted octanol–water partition coefficient (Wildman–Crippen LogP) is 5.84. The number of hydrogen-bond donors (Lipinski definition) is 0. The average Bonchev–Trinajstić information content (AvgIpc) is 3.15. The van der Waals surface area contributed by atoms with Crippen molar-refractivity contribution in [1.29, 1.82) is 0 Å². The van der Waals surface area contributed by atoms with Crippen LogP contribution in [0.3, 0.4) is 0 Å². The van der Waals surface area contributed by atoms with E-state index in [9.17, 15) is 1.37 Å². The third kappa shape index (κ3) is 2.42. The Labute approximate surface area is 163 Å². The van der Waals surface area contributed by atoms with Gasteiger partial charge in [0.05, 0.1) is 1.37 Å². The van der Waals surface area contributed by atoms with Crippen molar-refractivity contribution in [1.82, 2.24) is 4.57 Å². The fraction of sp³-hybridized carbons (Fsp3) is 0.400. The number of rotatable bonds is 2. The SMILES string of the molecule is [2H]C1(C2CCCCC2)c2ccccc2-c2c(C)n(-c3ccccc3C)c(C)[n+]21. The topological polar surface area (TPSA) is 8.81 Å². The molecule has 1 atom stereocenters. The van der Waals surface area contributed by atoms with Gasteiger partial charge in [0.2, 0.25) is 0 Å². The molecule has 1 unspecified atom stereocenters. The van der Waals surface area contributed by atoms with Gasteiger partial charge < -0.3 is 0 Å². The van der Waals surface area contributed by atoms with Gasteiger partial charge in [-0.1, -0.05) is 61.7 Å². The Bertz CT molecular complexity index is 1060. The lowest BCUT2D eigenvalue weighted by Gasteiger charge is -2.27.